The lowest BCUT2D eigenvalue weighted by atomic mass is 10.4. The number of hydrogen-bond acceptors (Lipinski definition) is 8. The highest BCUT2D eigenvalue weighted by molar-refractivity contribution is 7.94. The molecule has 0 aliphatic heterocycles. The van der Waals surface area contributed by atoms with Crippen molar-refractivity contribution in [3.63, 3.8) is 0 Å². The summed E-state index contributed by atoms with van der Waals surface area (Å²) in [6, 6.07) is 2.23. The van der Waals surface area contributed by atoms with E-state index in [4.69, 9.17) is 14.4 Å². The number of hydrogen-bond donors (Lipinski definition) is 3. The molecule has 1 aromatic rings. The first-order valence-corrected chi connectivity index (χ1v) is 7.51. The molecule has 18 heavy (non-hydrogen) atoms. The van der Waals surface area contributed by atoms with Crippen molar-refractivity contribution in [1.29, 1.82) is 0 Å². The molecule has 0 aromatic heterocycles. The predicted octanol–water partition coefficient (Wildman–Crippen LogP) is 0.608. The molecule has 0 saturated heterocycles. The molecular formula is C6H6O9S3. The Labute approximate surface area is 106 Å². The highest BCUT2D eigenvalue weighted by atomic mass is 32.2. The highest BCUT2D eigenvalue weighted by Crippen LogP contribution is 2.26. The highest BCUT2D eigenvalue weighted by Gasteiger charge is 2.18. The van der Waals surface area contributed by atoms with Crippen LogP contribution in [0.2, 0.25) is 0 Å². The first-order valence-electron chi connectivity index (χ1n) is 3.89. The Hall–Kier alpha value is -0.730. The van der Waals surface area contributed by atoms with Gasteiger partial charge < -0.3 is 0 Å². The summed E-state index contributed by atoms with van der Waals surface area (Å²) in [5, 5.41) is 11.1. The minimum absolute atomic E-state index is 0.160. The average Bonchev–Trinajstić information content (AvgIpc) is 2.23. The van der Waals surface area contributed by atoms with Crippen molar-refractivity contribution in [1.82, 2.24) is 0 Å². The largest absolute Gasteiger partial charge is 0.294 e. The zero-order chi connectivity index (χ0) is 14.0. The maximum Gasteiger partial charge on any atom is 0.294 e. The minimum atomic E-state index is -4.68. The van der Waals surface area contributed by atoms with Crippen molar-refractivity contribution in [2.24, 2.45) is 0 Å². The van der Waals surface area contributed by atoms with Gasteiger partial charge in [-0.2, -0.15) is 16.8 Å². The number of benzene rings is 1. The standard InChI is InChI=1S/C6H6O9S3/c7-14-15-16-4-1-5(17(8,9)10)3-6(2-4)18(11,12)13/h1-3,7H,(H,8,9,10)(H,11,12,13). The van der Waals surface area contributed by atoms with Crippen LogP contribution in [0.15, 0.2) is 32.9 Å². The van der Waals surface area contributed by atoms with Crippen molar-refractivity contribution in [3.05, 3.63) is 18.2 Å². The van der Waals surface area contributed by atoms with E-state index in [0.29, 0.717) is 6.07 Å². The zero-order valence-electron chi connectivity index (χ0n) is 8.25. The molecule has 0 aliphatic rings. The number of rotatable bonds is 5. The second-order valence-corrected chi connectivity index (χ2v) is 6.43. The van der Waals surface area contributed by atoms with Gasteiger partial charge in [-0.1, -0.05) is 5.04 Å². The van der Waals surface area contributed by atoms with Gasteiger partial charge in [0.25, 0.3) is 20.2 Å². The molecule has 9 nitrogen and oxygen atoms in total. The summed E-state index contributed by atoms with van der Waals surface area (Å²) < 4.78 is 65.1. The first kappa shape index (κ1) is 15.3. The smallest absolute Gasteiger partial charge is 0.282 e. The fourth-order valence-electron chi connectivity index (χ4n) is 0.946. The maximum atomic E-state index is 10.9. The Kier molecular flexibility index (Phi) is 4.68. The predicted molar refractivity (Wildman–Crippen MR) is 56.7 cm³/mol. The molecule has 1 rings (SSSR count). The SMILES string of the molecule is O=S(=O)(O)c1cc(SOOO)cc(S(=O)(=O)O)c1. The summed E-state index contributed by atoms with van der Waals surface area (Å²) in [5.74, 6) is 0. The van der Waals surface area contributed by atoms with E-state index in [9.17, 15) is 16.8 Å². The molecule has 0 heterocycles. The van der Waals surface area contributed by atoms with Crippen LogP contribution < -0.4 is 0 Å². The van der Waals surface area contributed by atoms with Gasteiger partial charge in [0.05, 0.1) is 21.8 Å². The van der Waals surface area contributed by atoms with Crippen LogP contribution in [0.3, 0.4) is 0 Å². The Morgan fingerprint density at radius 2 is 1.39 bits per heavy atom. The summed E-state index contributed by atoms with van der Waals surface area (Å²) in [7, 11) is -9.36. The lowest BCUT2D eigenvalue weighted by Crippen LogP contribution is -2.03. The van der Waals surface area contributed by atoms with E-state index in [2.05, 4.69) is 9.37 Å². The average molecular weight is 318 g/mol. The van der Waals surface area contributed by atoms with Crippen LogP contribution in [-0.2, 0) is 29.6 Å². The van der Waals surface area contributed by atoms with Gasteiger partial charge in [0.15, 0.2) is 0 Å². The zero-order valence-corrected chi connectivity index (χ0v) is 10.7. The minimum Gasteiger partial charge on any atom is -0.282 e. The van der Waals surface area contributed by atoms with Crippen LogP contribution in [0, 0.1) is 0 Å². The van der Waals surface area contributed by atoms with Crippen LogP contribution in [0.25, 0.3) is 0 Å². The maximum absolute atomic E-state index is 10.9. The Morgan fingerprint density at radius 3 is 1.72 bits per heavy atom. The molecule has 0 aliphatic carbocycles. The summed E-state index contributed by atoms with van der Waals surface area (Å²) >= 11 is 0.258. The third-order valence-electron chi connectivity index (χ3n) is 1.61. The van der Waals surface area contributed by atoms with Crippen LogP contribution in [-0.4, -0.2) is 31.2 Å². The molecular weight excluding hydrogens is 312 g/mol. The third-order valence-corrected chi connectivity index (χ3v) is 3.83. The normalized spacial score (nSPS) is 12.6. The topological polar surface area (TPSA) is 147 Å². The fraction of sp³-hybridized carbons (Fsp3) is 0. The quantitative estimate of drug-likeness (QED) is 0.305. The molecule has 1 aromatic carbocycles. The van der Waals surface area contributed by atoms with E-state index in [1.807, 2.05) is 0 Å². The van der Waals surface area contributed by atoms with Crippen molar-refractivity contribution >= 4 is 32.3 Å². The molecule has 0 spiro atoms. The van der Waals surface area contributed by atoms with Crippen LogP contribution in [0.4, 0.5) is 0 Å². The molecule has 12 heteroatoms. The van der Waals surface area contributed by atoms with Gasteiger partial charge in [-0.3, -0.25) is 9.11 Å². The van der Waals surface area contributed by atoms with Gasteiger partial charge in [-0.15, -0.1) is 4.33 Å². The Bertz CT molecular complexity index is 582. The van der Waals surface area contributed by atoms with Crippen molar-refractivity contribution in [3.8, 4) is 0 Å². The van der Waals surface area contributed by atoms with Crippen LogP contribution in [0.1, 0.15) is 0 Å². The van der Waals surface area contributed by atoms with Crippen molar-refractivity contribution in [2.45, 2.75) is 14.7 Å². The van der Waals surface area contributed by atoms with E-state index >= 15 is 0 Å². The Balaban J connectivity index is 3.39. The third kappa shape index (κ3) is 4.18. The monoisotopic (exact) mass is 318 g/mol. The summed E-state index contributed by atoms with van der Waals surface area (Å²) in [6.07, 6.45) is 0. The lowest BCUT2D eigenvalue weighted by Gasteiger charge is -2.04. The van der Waals surface area contributed by atoms with E-state index in [1.165, 1.54) is 0 Å². The van der Waals surface area contributed by atoms with Gasteiger partial charge in [0.1, 0.15) is 0 Å². The van der Waals surface area contributed by atoms with Crippen LogP contribution >= 0.6 is 12.0 Å². The summed E-state index contributed by atoms with van der Waals surface area (Å²) in [6.45, 7) is 0. The Morgan fingerprint density at radius 1 is 0.944 bits per heavy atom. The molecule has 0 saturated carbocycles. The molecule has 102 valence electrons. The molecule has 0 fully saturated rings. The summed E-state index contributed by atoms with van der Waals surface area (Å²) in [4.78, 5) is -1.71. The second kappa shape index (κ2) is 5.50. The summed E-state index contributed by atoms with van der Waals surface area (Å²) in [5.41, 5.74) is 0. The molecule has 0 radical (unpaired) electrons. The lowest BCUT2D eigenvalue weighted by molar-refractivity contribution is -0.432. The molecule has 0 unspecified atom stereocenters. The van der Waals surface area contributed by atoms with Gasteiger partial charge in [0, 0.05) is 4.90 Å². The van der Waals surface area contributed by atoms with Gasteiger partial charge in [-0.25, -0.2) is 5.26 Å². The second-order valence-electron chi connectivity index (χ2n) is 2.82. The van der Waals surface area contributed by atoms with E-state index < -0.39 is 30.0 Å². The van der Waals surface area contributed by atoms with Crippen molar-refractivity contribution in [2.75, 3.05) is 0 Å². The van der Waals surface area contributed by atoms with Crippen LogP contribution in [0.5, 0.6) is 0 Å². The van der Waals surface area contributed by atoms with E-state index in [-0.39, 0.29) is 16.9 Å². The fourth-order valence-corrected chi connectivity index (χ4v) is 2.73. The van der Waals surface area contributed by atoms with Gasteiger partial charge >= 0.3 is 0 Å². The van der Waals surface area contributed by atoms with Gasteiger partial charge in [0.2, 0.25) is 0 Å². The molecule has 0 atom stereocenters. The van der Waals surface area contributed by atoms with Crippen molar-refractivity contribution < 1.29 is 40.6 Å². The van der Waals surface area contributed by atoms with Gasteiger partial charge in [-0.05, 0) is 18.2 Å². The molecule has 3 N–H and O–H groups in total. The van der Waals surface area contributed by atoms with E-state index in [0.717, 1.165) is 12.1 Å². The first-order chi connectivity index (χ1) is 8.14. The molecule has 0 bridgehead atoms. The van der Waals surface area contributed by atoms with E-state index in [1.54, 1.807) is 0 Å². The molecule has 0 amide bonds.